The molecular formula is C12H12F4O2. The van der Waals surface area contributed by atoms with Gasteiger partial charge in [0.2, 0.25) is 0 Å². The molecule has 2 atom stereocenters. The number of hydrogen-bond acceptors (Lipinski definition) is 2. The van der Waals surface area contributed by atoms with E-state index in [1.54, 1.807) is 0 Å². The van der Waals surface area contributed by atoms with Crippen LogP contribution in [0.4, 0.5) is 17.6 Å². The molecule has 0 saturated carbocycles. The maximum absolute atomic E-state index is 13.1. The van der Waals surface area contributed by atoms with Crippen LogP contribution in [-0.2, 0) is 10.9 Å². The Labute approximate surface area is 101 Å². The predicted molar refractivity (Wildman–Crippen MR) is 55.3 cm³/mol. The van der Waals surface area contributed by atoms with Crippen LogP contribution >= 0.6 is 0 Å². The van der Waals surface area contributed by atoms with Gasteiger partial charge in [-0.05, 0) is 30.5 Å². The van der Waals surface area contributed by atoms with Crippen molar-refractivity contribution < 1.29 is 27.4 Å². The maximum atomic E-state index is 13.1. The van der Waals surface area contributed by atoms with Crippen molar-refractivity contribution in [3.8, 4) is 0 Å². The van der Waals surface area contributed by atoms with Crippen molar-refractivity contribution in [2.24, 2.45) is 0 Å². The molecule has 100 valence electrons. The largest absolute Gasteiger partial charge is 0.419 e. The molecule has 2 rings (SSSR count). The molecule has 18 heavy (non-hydrogen) atoms. The fourth-order valence-corrected chi connectivity index (χ4v) is 2.01. The van der Waals surface area contributed by atoms with Crippen LogP contribution in [0.3, 0.4) is 0 Å². The summed E-state index contributed by atoms with van der Waals surface area (Å²) in [4.78, 5) is 0. The van der Waals surface area contributed by atoms with E-state index in [0.29, 0.717) is 19.1 Å². The van der Waals surface area contributed by atoms with Crippen LogP contribution in [0.2, 0.25) is 0 Å². The lowest BCUT2D eigenvalue weighted by atomic mass is 10.00. The summed E-state index contributed by atoms with van der Waals surface area (Å²) in [5, 5.41) is 9.89. The highest BCUT2D eigenvalue weighted by molar-refractivity contribution is 5.29. The number of halogens is 4. The van der Waals surface area contributed by atoms with Crippen molar-refractivity contribution in [2.45, 2.75) is 31.2 Å². The highest BCUT2D eigenvalue weighted by atomic mass is 19.4. The molecule has 0 aliphatic carbocycles. The summed E-state index contributed by atoms with van der Waals surface area (Å²) < 4.78 is 55.8. The minimum Gasteiger partial charge on any atom is -0.386 e. The molecule has 0 radical (unpaired) electrons. The van der Waals surface area contributed by atoms with Gasteiger partial charge in [0.25, 0.3) is 0 Å². The van der Waals surface area contributed by atoms with Gasteiger partial charge in [0.05, 0.1) is 11.7 Å². The molecule has 1 aliphatic heterocycles. The molecule has 1 N–H and O–H groups in total. The number of rotatable bonds is 2. The summed E-state index contributed by atoms with van der Waals surface area (Å²) in [5.74, 6) is -1.34. The Hall–Kier alpha value is -1.14. The summed E-state index contributed by atoms with van der Waals surface area (Å²) >= 11 is 0. The monoisotopic (exact) mass is 264 g/mol. The van der Waals surface area contributed by atoms with Crippen LogP contribution in [0.1, 0.15) is 30.1 Å². The second-order valence-corrected chi connectivity index (χ2v) is 4.23. The van der Waals surface area contributed by atoms with Crippen molar-refractivity contribution >= 4 is 0 Å². The number of hydrogen-bond donors (Lipinski definition) is 1. The Bertz CT molecular complexity index is 425. The molecular weight excluding hydrogens is 252 g/mol. The van der Waals surface area contributed by atoms with Crippen molar-refractivity contribution in [1.29, 1.82) is 0 Å². The second kappa shape index (κ2) is 4.85. The van der Waals surface area contributed by atoms with Gasteiger partial charge in [0.1, 0.15) is 11.9 Å². The smallest absolute Gasteiger partial charge is 0.386 e. The Morgan fingerprint density at radius 3 is 2.61 bits per heavy atom. The SMILES string of the molecule is OC(c1ccc(F)c(C(F)(F)F)c1)C1CCCO1. The van der Waals surface area contributed by atoms with E-state index in [9.17, 15) is 22.7 Å². The van der Waals surface area contributed by atoms with Crippen LogP contribution in [0.5, 0.6) is 0 Å². The third-order valence-corrected chi connectivity index (χ3v) is 2.95. The summed E-state index contributed by atoms with van der Waals surface area (Å²) in [7, 11) is 0. The van der Waals surface area contributed by atoms with E-state index in [1.807, 2.05) is 0 Å². The lowest BCUT2D eigenvalue weighted by molar-refractivity contribution is -0.140. The molecule has 1 aromatic carbocycles. The quantitative estimate of drug-likeness (QED) is 0.832. The van der Waals surface area contributed by atoms with E-state index >= 15 is 0 Å². The number of alkyl halides is 3. The van der Waals surface area contributed by atoms with E-state index in [0.717, 1.165) is 18.6 Å². The van der Waals surface area contributed by atoms with Crippen LogP contribution in [0, 0.1) is 5.82 Å². The van der Waals surface area contributed by atoms with Crippen molar-refractivity contribution in [2.75, 3.05) is 6.61 Å². The van der Waals surface area contributed by atoms with Gasteiger partial charge in [0, 0.05) is 6.61 Å². The molecule has 1 saturated heterocycles. The minimum absolute atomic E-state index is 0.0237. The van der Waals surface area contributed by atoms with Gasteiger partial charge in [0.15, 0.2) is 0 Å². The Balaban J connectivity index is 2.28. The third-order valence-electron chi connectivity index (χ3n) is 2.95. The fourth-order valence-electron chi connectivity index (χ4n) is 2.01. The Morgan fingerprint density at radius 2 is 2.06 bits per heavy atom. The maximum Gasteiger partial charge on any atom is 0.419 e. The summed E-state index contributed by atoms with van der Waals surface area (Å²) in [5.41, 5.74) is -1.34. The van der Waals surface area contributed by atoms with E-state index in [2.05, 4.69) is 0 Å². The molecule has 1 heterocycles. The molecule has 0 bridgehead atoms. The molecule has 2 nitrogen and oxygen atoms in total. The first-order chi connectivity index (χ1) is 8.39. The summed E-state index contributed by atoms with van der Waals surface area (Å²) in [6, 6.07) is 2.51. The normalized spacial score (nSPS) is 22.2. The van der Waals surface area contributed by atoms with Crippen LogP contribution in [0.15, 0.2) is 18.2 Å². The zero-order valence-corrected chi connectivity index (χ0v) is 9.38. The first kappa shape index (κ1) is 13.3. The van der Waals surface area contributed by atoms with Gasteiger partial charge in [-0.15, -0.1) is 0 Å². The number of aliphatic hydroxyl groups excluding tert-OH is 1. The third kappa shape index (κ3) is 2.64. The van der Waals surface area contributed by atoms with Crippen LogP contribution in [-0.4, -0.2) is 17.8 Å². The number of benzene rings is 1. The average molecular weight is 264 g/mol. The fraction of sp³-hybridized carbons (Fsp3) is 0.500. The molecule has 0 spiro atoms. The minimum atomic E-state index is -4.77. The van der Waals surface area contributed by atoms with Gasteiger partial charge < -0.3 is 9.84 Å². The van der Waals surface area contributed by atoms with Crippen molar-refractivity contribution in [1.82, 2.24) is 0 Å². The highest BCUT2D eigenvalue weighted by Crippen LogP contribution is 2.34. The van der Waals surface area contributed by atoms with Gasteiger partial charge in [-0.3, -0.25) is 0 Å². The Kier molecular flexibility index (Phi) is 3.59. The van der Waals surface area contributed by atoms with Gasteiger partial charge in [-0.2, -0.15) is 13.2 Å². The highest BCUT2D eigenvalue weighted by Gasteiger charge is 2.35. The first-order valence-electron chi connectivity index (χ1n) is 5.56. The molecule has 0 amide bonds. The number of ether oxygens (including phenoxy) is 1. The predicted octanol–water partition coefficient (Wildman–Crippen LogP) is 3.06. The molecule has 6 heteroatoms. The first-order valence-corrected chi connectivity index (χ1v) is 5.56. The van der Waals surface area contributed by atoms with Crippen molar-refractivity contribution in [3.05, 3.63) is 35.1 Å². The molecule has 1 fully saturated rings. The van der Waals surface area contributed by atoms with Crippen LogP contribution in [0.25, 0.3) is 0 Å². The lowest BCUT2D eigenvalue weighted by Gasteiger charge is -2.19. The Morgan fingerprint density at radius 1 is 1.33 bits per heavy atom. The van der Waals surface area contributed by atoms with E-state index in [1.165, 1.54) is 0 Å². The van der Waals surface area contributed by atoms with Gasteiger partial charge in [-0.1, -0.05) is 6.07 Å². The standard InChI is InChI=1S/C12H12F4O2/c13-9-4-3-7(6-8(9)12(14,15)16)11(17)10-2-1-5-18-10/h3-4,6,10-11,17H,1-2,5H2. The molecule has 1 aliphatic rings. The van der Waals surface area contributed by atoms with Crippen LogP contribution < -0.4 is 0 Å². The summed E-state index contributed by atoms with van der Waals surface area (Å²) in [6.45, 7) is 0.481. The summed E-state index contributed by atoms with van der Waals surface area (Å²) in [6.07, 6.45) is -5.10. The molecule has 0 aromatic heterocycles. The van der Waals surface area contributed by atoms with E-state index in [4.69, 9.17) is 4.74 Å². The van der Waals surface area contributed by atoms with Gasteiger partial charge in [-0.25, -0.2) is 4.39 Å². The average Bonchev–Trinajstić information content (AvgIpc) is 2.80. The van der Waals surface area contributed by atoms with Gasteiger partial charge >= 0.3 is 6.18 Å². The van der Waals surface area contributed by atoms with E-state index < -0.39 is 29.8 Å². The molecule has 2 unspecified atom stereocenters. The van der Waals surface area contributed by atoms with E-state index in [-0.39, 0.29) is 5.56 Å². The lowest BCUT2D eigenvalue weighted by Crippen LogP contribution is -2.18. The second-order valence-electron chi connectivity index (χ2n) is 4.23. The topological polar surface area (TPSA) is 29.5 Å². The number of aliphatic hydroxyl groups is 1. The zero-order chi connectivity index (χ0) is 13.3. The molecule has 1 aromatic rings. The zero-order valence-electron chi connectivity index (χ0n) is 9.38. The van der Waals surface area contributed by atoms with Crippen molar-refractivity contribution in [3.63, 3.8) is 0 Å².